The molecule has 0 saturated heterocycles. The summed E-state index contributed by atoms with van der Waals surface area (Å²) in [7, 11) is 0. The molecule has 3 N–H and O–H groups in total. The highest BCUT2D eigenvalue weighted by atomic mass is 16.4. The van der Waals surface area contributed by atoms with Crippen molar-refractivity contribution in [1.82, 2.24) is 10.2 Å². The maximum absolute atomic E-state index is 14.0. The van der Waals surface area contributed by atoms with Crippen LogP contribution in [-0.4, -0.2) is 51.7 Å². The van der Waals surface area contributed by atoms with Crippen LogP contribution < -0.4 is 5.32 Å². The van der Waals surface area contributed by atoms with Crippen molar-refractivity contribution in [3.05, 3.63) is 132 Å². The van der Waals surface area contributed by atoms with Crippen molar-refractivity contribution in [1.29, 1.82) is 0 Å². The van der Waals surface area contributed by atoms with E-state index in [-0.39, 0.29) is 38.3 Å². The van der Waals surface area contributed by atoms with Gasteiger partial charge in [0.1, 0.15) is 5.54 Å². The van der Waals surface area contributed by atoms with Crippen LogP contribution in [0.1, 0.15) is 30.5 Å². The molecule has 7 nitrogen and oxygen atoms in total. The van der Waals surface area contributed by atoms with Crippen molar-refractivity contribution in [2.24, 2.45) is 11.8 Å². The van der Waals surface area contributed by atoms with E-state index in [1.807, 2.05) is 129 Å². The number of amides is 2. The topological polar surface area (TPSA) is 107 Å². The zero-order valence-electron chi connectivity index (χ0n) is 25.2. The summed E-state index contributed by atoms with van der Waals surface area (Å²) >= 11 is 0. The molecule has 2 atom stereocenters. The molecule has 0 spiro atoms. The largest absolute Gasteiger partial charge is 0.481 e. The summed E-state index contributed by atoms with van der Waals surface area (Å²) in [6.07, 6.45) is 0.344. The number of carboxylic acids is 2. The van der Waals surface area contributed by atoms with E-state index in [9.17, 15) is 24.6 Å². The van der Waals surface area contributed by atoms with Crippen molar-refractivity contribution in [2.45, 2.75) is 38.6 Å². The van der Waals surface area contributed by atoms with Crippen LogP contribution in [0.2, 0.25) is 0 Å². The molecule has 0 bridgehead atoms. The van der Waals surface area contributed by atoms with Crippen LogP contribution in [0.3, 0.4) is 0 Å². The van der Waals surface area contributed by atoms with E-state index in [0.29, 0.717) is 0 Å². The van der Waals surface area contributed by atoms with Gasteiger partial charge in [-0.3, -0.25) is 4.79 Å². The van der Waals surface area contributed by atoms with Crippen LogP contribution in [0.4, 0.5) is 4.79 Å². The van der Waals surface area contributed by atoms with E-state index in [1.54, 1.807) is 0 Å². The average molecular weight is 593 g/mol. The third-order valence-electron chi connectivity index (χ3n) is 7.66. The monoisotopic (exact) mass is 592 g/mol. The smallest absolute Gasteiger partial charge is 0.330 e. The highest BCUT2D eigenvalue weighted by Gasteiger charge is 2.42. The molecule has 2 amide bonds. The molecule has 4 aromatic rings. The summed E-state index contributed by atoms with van der Waals surface area (Å²) < 4.78 is 0. The number of nitrogens with one attached hydrogen (secondary N) is 1. The van der Waals surface area contributed by atoms with Crippen molar-refractivity contribution in [3.63, 3.8) is 0 Å². The van der Waals surface area contributed by atoms with Gasteiger partial charge in [0, 0.05) is 25.9 Å². The van der Waals surface area contributed by atoms with E-state index in [4.69, 9.17) is 0 Å². The van der Waals surface area contributed by atoms with E-state index >= 15 is 0 Å². The summed E-state index contributed by atoms with van der Waals surface area (Å²) in [6.45, 7) is 4.10. The molecule has 4 rings (SSSR count). The summed E-state index contributed by atoms with van der Waals surface area (Å²) in [5, 5.41) is 23.7. The maximum Gasteiger partial charge on any atom is 0.330 e. The molecule has 0 aliphatic carbocycles. The van der Waals surface area contributed by atoms with Gasteiger partial charge < -0.3 is 20.4 Å². The van der Waals surface area contributed by atoms with E-state index in [2.05, 4.69) is 5.32 Å². The predicted molar refractivity (Wildman–Crippen MR) is 172 cm³/mol. The number of aliphatic carboxylic acids is 2. The molecular formula is C37H40N2O5. The molecular weight excluding hydrogens is 552 g/mol. The van der Waals surface area contributed by atoms with Gasteiger partial charge in [0.25, 0.3) is 0 Å². The van der Waals surface area contributed by atoms with Crippen LogP contribution in [-0.2, 0) is 28.9 Å². The van der Waals surface area contributed by atoms with Crippen LogP contribution in [0.15, 0.2) is 115 Å². The first-order valence-electron chi connectivity index (χ1n) is 14.9. The van der Waals surface area contributed by atoms with Gasteiger partial charge in [0.2, 0.25) is 0 Å². The highest BCUT2D eigenvalue weighted by Crippen LogP contribution is 2.25. The molecule has 7 heteroatoms. The quantitative estimate of drug-likeness (QED) is 0.154. The molecule has 0 aliphatic rings. The van der Waals surface area contributed by atoms with E-state index < -0.39 is 29.4 Å². The zero-order valence-corrected chi connectivity index (χ0v) is 25.2. The average Bonchev–Trinajstić information content (AvgIpc) is 3.01. The lowest BCUT2D eigenvalue weighted by Gasteiger charge is -2.35. The summed E-state index contributed by atoms with van der Waals surface area (Å²) in [6, 6.07) is 35.5. The Labute approximate surface area is 259 Å². The molecule has 0 aromatic heterocycles. The Morgan fingerprint density at radius 3 is 1.64 bits per heavy atom. The fourth-order valence-corrected chi connectivity index (χ4v) is 5.45. The number of rotatable bonds is 14. The third kappa shape index (κ3) is 8.80. The fraction of sp³-hybridized carbons (Fsp3) is 0.270. The minimum atomic E-state index is -1.68. The molecule has 228 valence electrons. The van der Waals surface area contributed by atoms with Gasteiger partial charge in [-0.1, -0.05) is 129 Å². The van der Waals surface area contributed by atoms with Gasteiger partial charge in [-0.25, -0.2) is 9.59 Å². The molecule has 0 heterocycles. The van der Waals surface area contributed by atoms with Crippen molar-refractivity contribution < 1.29 is 24.6 Å². The molecule has 0 radical (unpaired) electrons. The van der Waals surface area contributed by atoms with Gasteiger partial charge in [-0.15, -0.1) is 0 Å². The molecule has 0 saturated carbocycles. The minimum Gasteiger partial charge on any atom is -0.481 e. The molecule has 44 heavy (non-hydrogen) atoms. The Morgan fingerprint density at radius 1 is 0.659 bits per heavy atom. The Kier molecular flexibility index (Phi) is 10.9. The number of benzene rings is 4. The lowest BCUT2D eigenvalue weighted by atomic mass is 9.84. The normalized spacial score (nSPS) is 13.1. The second-order valence-corrected chi connectivity index (χ2v) is 11.7. The number of hydrogen-bond donors (Lipinski definition) is 3. The first kappa shape index (κ1) is 32.0. The number of carboxylic acid groups (broad SMARTS) is 2. The predicted octanol–water partition coefficient (Wildman–Crippen LogP) is 6.57. The Bertz CT molecular complexity index is 1510. The molecule has 1 unspecified atom stereocenters. The van der Waals surface area contributed by atoms with Gasteiger partial charge >= 0.3 is 18.0 Å². The standard InChI is InChI=1S/C37H40N2O5/c1-27(2)25-39(26-33(34(40)41)22-28-12-6-3-7-13-28)36(44)38-37(35(42)43,23-29-14-8-4-9-15-29)24-30-18-20-32(21-19-30)31-16-10-5-11-17-31/h3-21,27,33H,22-26H2,1-2H3,(H,38,44)(H,40,41)(H,42,43)/t33?,37-/m0/s1. The highest BCUT2D eigenvalue weighted by molar-refractivity contribution is 5.87. The number of urea groups is 1. The van der Waals surface area contributed by atoms with Crippen LogP contribution in [0.25, 0.3) is 11.1 Å². The van der Waals surface area contributed by atoms with Gasteiger partial charge in [0.05, 0.1) is 5.92 Å². The summed E-state index contributed by atoms with van der Waals surface area (Å²) in [5.74, 6) is -3.00. The molecule has 4 aromatic carbocycles. The lowest BCUT2D eigenvalue weighted by Crippen LogP contribution is -2.61. The second kappa shape index (κ2) is 15.0. The SMILES string of the molecule is CC(C)CN(CC(Cc1ccccc1)C(=O)O)C(=O)N[C@@](Cc1ccccc1)(Cc1ccc(-c2ccccc2)cc1)C(=O)O. The van der Waals surface area contributed by atoms with Crippen LogP contribution in [0, 0.1) is 11.8 Å². The number of carbonyl (C=O) groups excluding carboxylic acids is 1. The van der Waals surface area contributed by atoms with Gasteiger partial charge in [-0.05, 0) is 40.2 Å². The summed E-state index contributed by atoms with van der Waals surface area (Å²) in [4.78, 5) is 40.9. The first-order valence-corrected chi connectivity index (χ1v) is 14.9. The maximum atomic E-state index is 14.0. The summed E-state index contributed by atoms with van der Waals surface area (Å²) in [5.41, 5.74) is 2.75. The van der Waals surface area contributed by atoms with Gasteiger partial charge in [-0.2, -0.15) is 0 Å². The van der Waals surface area contributed by atoms with Gasteiger partial charge in [0.15, 0.2) is 0 Å². The fourth-order valence-electron chi connectivity index (χ4n) is 5.45. The number of hydrogen-bond acceptors (Lipinski definition) is 3. The number of carbonyl (C=O) groups is 3. The molecule has 0 aliphatic heterocycles. The van der Waals surface area contributed by atoms with Crippen molar-refractivity contribution in [2.75, 3.05) is 13.1 Å². The lowest BCUT2D eigenvalue weighted by molar-refractivity contribution is -0.145. The van der Waals surface area contributed by atoms with Crippen LogP contribution >= 0.6 is 0 Å². The Morgan fingerprint density at radius 2 is 1.14 bits per heavy atom. The van der Waals surface area contributed by atoms with Crippen LogP contribution in [0.5, 0.6) is 0 Å². The van der Waals surface area contributed by atoms with E-state index in [1.165, 1.54) is 4.90 Å². The van der Waals surface area contributed by atoms with Crippen molar-refractivity contribution in [3.8, 4) is 11.1 Å². The second-order valence-electron chi connectivity index (χ2n) is 11.7. The Balaban J connectivity index is 1.64. The zero-order chi connectivity index (χ0) is 31.5. The molecule has 0 fully saturated rings. The van der Waals surface area contributed by atoms with E-state index in [0.717, 1.165) is 27.8 Å². The Hall–Kier alpha value is -4.91. The number of nitrogens with zero attached hydrogens (tertiary/aromatic N) is 1. The minimum absolute atomic E-state index is 0.0332. The first-order chi connectivity index (χ1) is 21.1. The van der Waals surface area contributed by atoms with Crippen molar-refractivity contribution >= 4 is 18.0 Å². The third-order valence-corrected chi connectivity index (χ3v) is 7.66.